The van der Waals surface area contributed by atoms with Gasteiger partial charge in [0, 0.05) is 32.0 Å². The number of fused-ring (bicyclic) bond motifs is 2. The van der Waals surface area contributed by atoms with E-state index in [1.165, 1.54) is 0 Å². The largest absolute Gasteiger partial charge is 0.248 e. The molecule has 0 atom stereocenters. The van der Waals surface area contributed by atoms with Crippen molar-refractivity contribution in [2.75, 3.05) is 0 Å². The van der Waals surface area contributed by atoms with E-state index in [1.54, 1.807) is 24.3 Å². The van der Waals surface area contributed by atoms with Crippen LogP contribution in [0.4, 0.5) is 11.4 Å². The summed E-state index contributed by atoms with van der Waals surface area (Å²) in [6.07, 6.45) is 0. The van der Waals surface area contributed by atoms with E-state index in [4.69, 9.17) is 11.1 Å². The Labute approximate surface area is 112 Å². The molecule has 0 saturated carbocycles. The normalized spacial score (nSPS) is 10.0. The highest BCUT2D eigenvalue weighted by Crippen LogP contribution is 2.26. The van der Waals surface area contributed by atoms with Gasteiger partial charge in [-0.3, -0.25) is 0 Å². The highest BCUT2D eigenvalue weighted by atomic mass is 15.1. The van der Waals surface area contributed by atoms with E-state index in [2.05, 4.69) is 25.0 Å². The minimum Gasteiger partial charge on any atom is -0.248 e. The Hall–Kier alpha value is -3.27. The van der Waals surface area contributed by atoms with Crippen molar-refractivity contribution in [3.05, 3.63) is 63.4 Å². The van der Waals surface area contributed by atoms with Crippen molar-refractivity contribution in [2.45, 2.75) is 0 Å². The van der Waals surface area contributed by atoms with Crippen LogP contribution >= 0.6 is 0 Å². The molecule has 0 aliphatic carbocycles. The molecule has 0 radical (unpaired) electrons. The van der Waals surface area contributed by atoms with Crippen LogP contribution in [-0.2, 0) is 0 Å². The smallest absolute Gasteiger partial charge is 0.0714 e. The first-order valence-corrected chi connectivity index (χ1v) is 5.75. The van der Waals surface area contributed by atoms with Crippen LogP contribution in [0.25, 0.3) is 42.7 Å². The molecule has 0 aliphatic rings. The van der Waals surface area contributed by atoms with Gasteiger partial charge in [-0.05, 0) is 29.3 Å². The van der Waals surface area contributed by atoms with Crippen molar-refractivity contribution >= 4 is 33.2 Å². The summed E-state index contributed by atoms with van der Waals surface area (Å²) in [5.41, 5.74) is 19.4. The summed E-state index contributed by atoms with van der Waals surface area (Å²) in [5.74, 6) is 0. The minimum atomic E-state index is 0.512. The average molecular weight is 261 g/mol. The lowest BCUT2D eigenvalue weighted by atomic mass is 10.1. The summed E-state index contributed by atoms with van der Waals surface area (Å²) in [6, 6.07) is 12.6. The summed E-state index contributed by atoms with van der Waals surface area (Å²) in [4.78, 5) is 10.0. The van der Waals surface area contributed by atoms with Crippen LogP contribution in [0, 0.1) is 0 Å². The Kier molecular flexibility index (Phi) is 2.82. The number of hydrogen-bond acceptors (Lipinski definition) is 3. The van der Waals surface area contributed by atoms with Gasteiger partial charge in [-0.25, -0.2) is 4.98 Å². The zero-order valence-corrected chi connectivity index (χ0v) is 10.2. The summed E-state index contributed by atoms with van der Waals surface area (Å²) < 4.78 is 0. The first-order chi connectivity index (χ1) is 9.80. The lowest BCUT2D eigenvalue weighted by Gasteiger charge is -2.03. The molecule has 0 bridgehead atoms. The van der Waals surface area contributed by atoms with Crippen molar-refractivity contribution in [1.82, 2.24) is 4.98 Å². The van der Waals surface area contributed by atoms with E-state index in [1.807, 2.05) is 18.2 Å². The second-order valence-corrected chi connectivity index (χ2v) is 4.12. The molecule has 94 valence electrons. The van der Waals surface area contributed by atoms with Gasteiger partial charge >= 0.3 is 0 Å². The van der Waals surface area contributed by atoms with Gasteiger partial charge in [-0.1, -0.05) is 34.5 Å². The molecular formula is C13H7N7. The fourth-order valence-electron chi connectivity index (χ4n) is 2.03. The van der Waals surface area contributed by atoms with Crippen molar-refractivity contribution in [3.8, 4) is 0 Å². The average Bonchev–Trinajstić information content (AvgIpc) is 2.46. The zero-order chi connectivity index (χ0) is 13.9. The first kappa shape index (κ1) is 11.8. The summed E-state index contributed by atoms with van der Waals surface area (Å²) in [7, 11) is 0. The highest BCUT2D eigenvalue weighted by Gasteiger charge is 2.01. The van der Waals surface area contributed by atoms with Gasteiger partial charge < -0.3 is 0 Å². The van der Waals surface area contributed by atoms with Crippen LogP contribution in [0.1, 0.15) is 0 Å². The van der Waals surface area contributed by atoms with E-state index in [9.17, 15) is 0 Å². The molecule has 3 aromatic rings. The lowest BCUT2D eigenvalue weighted by Crippen LogP contribution is -1.82. The Morgan fingerprint density at radius 3 is 1.70 bits per heavy atom. The second kappa shape index (κ2) is 4.78. The lowest BCUT2D eigenvalue weighted by molar-refractivity contribution is 1.43. The third kappa shape index (κ3) is 2.06. The highest BCUT2D eigenvalue weighted by molar-refractivity contribution is 5.94. The van der Waals surface area contributed by atoms with Crippen molar-refractivity contribution in [3.63, 3.8) is 0 Å². The van der Waals surface area contributed by atoms with Crippen LogP contribution < -0.4 is 0 Å². The van der Waals surface area contributed by atoms with Crippen LogP contribution in [0.5, 0.6) is 0 Å². The SMILES string of the molecule is [N-]=[N+]=Nc1ccc2cc3ccc(N=[N+]=[N-])cc3nc2c1. The Bertz CT molecular complexity index is 846. The molecule has 2 aromatic carbocycles. The fourth-order valence-corrected chi connectivity index (χ4v) is 2.03. The monoisotopic (exact) mass is 261 g/mol. The quantitative estimate of drug-likeness (QED) is 0.266. The molecule has 0 saturated heterocycles. The molecule has 0 fully saturated rings. The number of azide groups is 2. The molecule has 7 heteroatoms. The standard InChI is InChI=1S/C13H7N7/c14-19-17-10-3-1-8-5-9-2-4-11(18-20-15)7-13(9)16-12(8)6-10/h1-7H. The molecule has 0 amide bonds. The molecule has 0 N–H and O–H groups in total. The van der Waals surface area contributed by atoms with Crippen molar-refractivity contribution < 1.29 is 0 Å². The van der Waals surface area contributed by atoms with Crippen molar-refractivity contribution in [2.24, 2.45) is 10.2 Å². The van der Waals surface area contributed by atoms with Gasteiger partial charge in [0.2, 0.25) is 0 Å². The second-order valence-electron chi connectivity index (χ2n) is 4.12. The number of pyridine rings is 1. The summed E-state index contributed by atoms with van der Waals surface area (Å²) >= 11 is 0. The molecule has 1 aromatic heterocycles. The van der Waals surface area contributed by atoms with Crippen LogP contribution in [0.15, 0.2) is 52.7 Å². The molecular weight excluding hydrogens is 254 g/mol. The van der Waals surface area contributed by atoms with Gasteiger partial charge in [0.25, 0.3) is 0 Å². The first-order valence-electron chi connectivity index (χ1n) is 5.75. The van der Waals surface area contributed by atoms with E-state index >= 15 is 0 Å². The molecule has 0 aliphatic heterocycles. The van der Waals surface area contributed by atoms with E-state index in [0.717, 1.165) is 21.8 Å². The molecule has 20 heavy (non-hydrogen) atoms. The number of nitrogens with zero attached hydrogens (tertiary/aromatic N) is 7. The Morgan fingerprint density at radius 1 is 0.750 bits per heavy atom. The zero-order valence-electron chi connectivity index (χ0n) is 10.2. The number of aromatic nitrogens is 1. The van der Waals surface area contributed by atoms with Crippen LogP contribution in [0.3, 0.4) is 0 Å². The third-order valence-electron chi connectivity index (χ3n) is 2.90. The van der Waals surface area contributed by atoms with Crippen LogP contribution in [0.2, 0.25) is 0 Å². The predicted octanol–water partition coefficient (Wildman–Crippen LogP) is 5.27. The van der Waals surface area contributed by atoms with Crippen molar-refractivity contribution in [1.29, 1.82) is 0 Å². The number of rotatable bonds is 2. The maximum atomic E-state index is 8.45. The van der Waals surface area contributed by atoms with Gasteiger partial charge in [-0.15, -0.1) is 0 Å². The van der Waals surface area contributed by atoms with E-state index in [-0.39, 0.29) is 0 Å². The summed E-state index contributed by atoms with van der Waals surface area (Å²) in [5, 5.41) is 9.02. The van der Waals surface area contributed by atoms with Crippen LogP contribution in [-0.4, -0.2) is 4.98 Å². The van der Waals surface area contributed by atoms with Gasteiger partial charge in [0.05, 0.1) is 11.0 Å². The molecule has 0 spiro atoms. The fraction of sp³-hybridized carbons (Fsp3) is 0. The number of benzene rings is 2. The minimum absolute atomic E-state index is 0.512. The molecule has 1 heterocycles. The maximum absolute atomic E-state index is 8.45. The van der Waals surface area contributed by atoms with Gasteiger partial charge in [0.15, 0.2) is 0 Å². The third-order valence-corrected chi connectivity index (χ3v) is 2.90. The Balaban J connectivity index is 2.29. The Morgan fingerprint density at radius 2 is 1.25 bits per heavy atom. The van der Waals surface area contributed by atoms with Gasteiger partial charge in [-0.2, -0.15) is 0 Å². The number of hydrogen-bond donors (Lipinski definition) is 0. The van der Waals surface area contributed by atoms with E-state index in [0.29, 0.717) is 11.4 Å². The molecule has 0 unspecified atom stereocenters. The topological polar surface area (TPSA) is 110 Å². The molecule has 3 rings (SSSR count). The van der Waals surface area contributed by atoms with Gasteiger partial charge in [0.1, 0.15) is 0 Å². The molecule has 7 nitrogen and oxygen atoms in total. The maximum Gasteiger partial charge on any atom is 0.0714 e. The summed E-state index contributed by atoms with van der Waals surface area (Å²) in [6.45, 7) is 0. The predicted molar refractivity (Wildman–Crippen MR) is 76.9 cm³/mol. The van der Waals surface area contributed by atoms with E-state index < -0.39 is 0 Å².